The molecule has 0 spiro atoms. The summed E-state index contributed by atoms with van der Waals surface area (Å²) in [5.74, 6) is 1.44. The maximum Gasteiger partial charge on any atom is 0.242 e. The number of amides is 1. The molecule has 33 heavy (non-hydrogen) atoms. The monoisotopic (exact) mass is 461 g/mol. The fourth-order valence-electron chi connectivity index (χ4n) is 3.84. The molecular weight excluding hydrogens is 434 g/mol. The van der Waals surface area contributed by atoms with E-state index in [4.69, 9.17) is 9.47 Å². The number of amidine groups is 1. The van der Waals surface area contributed by atoms with E-state index in [1.54, 1.807) is 31.4 Å². The molecule has 1 amide bonds. The van der Waals surface area contributed by atoms with E-state index in [-0.39, 0.29) is 11.2 Å². The molecule has 0 N–H and O–H groups in total. The molecule has 6 nitrogen and oxygen atoms in total. The molecule has 1 atom stereocenters. The summed E-state index contributed by atoms with van der Waals surface area (Å²) in [5, 5.41) is 11.5. The van der Waals surface area contributed by atoms with Crippen LogP contribution in [0.25, 0.3) is 10.8 Å². The number of carbonyl (C=O) groups excluding carboxylic acids is 1. The molecule has 0 saturated carbocycles. The van der Waals surface area contributed by atoms with E-state index in [1.807, 2.05) is 30.3 Å². The first-order chi connectivity index (χ1) is 16.1. The van der Waals surface area contributed by atoms with Crippen LogP contribution >= 0.6 is 11.8 Å². The number of hydrogen-bond acceptors (Lipinski definition) is 6. The summed E-state index contributed by atoms with van der Waals surface area (Å²) in [6, 6.07) is 19.9. The molecule has 1 heterocycles. The van der Waals surface area contributed by atoms with E-state index in [9.17, 15) is 4.79 Å². The molecule has 7 heteroatoms. The Morgan fingerprint density at radius 3 is 2.67 bits per heavy atom. The highest BCUT2D eigenvalue weighted by molar-refractivity contribution is 8.15. The van der Waals surface area contributed by atoms with Gasteiger partial charge in [0, 0.05) is 11.6 Å². The minimum absolute atomic E-state index is 0.0887. The van der Waals surface area contributed by atoms with Gasteiger partial charge in [-0.3, -0.25) is 9.69 Å². The van der Waals surface area contributed by atoms with Crippen LogP contribution in [0.5, 0.6) is 11.5 Å². The smallest absolute Gasteiger partial charge is 0.242 e. The van der Waals surface area contributed by atoms with Gasteiger partial charge in [-0.2, -0.15) is 5.10 Å². The van der Waals surface area contributed by atoms with Gasteiger partial charge in [-0.1, -0.05) is 67.6 Å². The Balaban J connectivity index is 1.63. The predicted octanol–water partition coefficient (Wildman–Crippen LogP) is 5.49. The molecule has 4 rings (SSSR count). The lowest BCUT2D eigenvalue weighted by Crippen LogP contribution is -2.31. The first-order valence-corrected chi connectivity index (χ1v) is 11.8. The van der Waals surface area contributed by atoms with Gasteiger partial charge in [-0.05, 0) is 34.9 Å². The van der Waals surface area contributed by atoms with E-state index < -0.39 is 0 Å². The van der Waals surface area contributed by atoms with Gasteiger partial charge in [-0.25, -0.2) is 0 Å². The first-order valence-electron chi connectivity index (χ1n) is 10.9. The summed E-state index contributed by atoms with van der Waals surface area (Å²) < 4.78 is 10.7. The summed E-state index contributed by atoms with van der Waals surface area (Å²) in [5.41, 5.74) is 1.87. The Kier molecular flexibility index (Phi) is 7.29. The van der Waals surface area contributed by atoms with Gasteiger partial charge in [0.25, 0.3) is 0 Å². The van der Waals surface area contributed by atoms with Crippen LogP contribution in [0.2, 0.25) is 0 Å². The van der Waals surface area contributed by atoms with Crippen molar-refractivity contribution >= 4 is 39.8 Å². The van der Waals surface area contributed by atoms with Crippen molar-refractivity contribution in [1.29, 1.82) is 0 Å². The van der Waals surface area contributed by atoms with Gasteiger partial charge in [0.2, 0.25) is 5.91 Å². The van der Waals surface area contributed by atoms with Crippen molar-refractivity contribution < 1.29 is 14.3 Å². The number of benzene rings is 3. The third-order valence-electron chi connectivity index (χ3n) is 5.56. The SMILES string of the molecule is CCC[C@H]1S/C(=N\N=C/c2ccc(OC)cc2OC)N(Cc2cccc3ccccc23)C1=O. The van der Waals surface area contributed by atoms with Crippen LogP contribution in [-0.2, 0) is 11.3 Å². The molecule has 0 aromatic heterocycles. The minimum atomic E-state index is -0.130. The summed E-state index contributed by atoms with van der Waals surface area (Å²) >= 11 is 1.49. The van der Waals surface area contributed by atoms with Crippen molar-refractivity contribution in [3.63, 3.8) is 0 Å². The fraction of sp³-hybridized carbons (Fsp3) is 0.269. The molecule has 1 aliphatic rings. The number of methoxy groups -OCH3 is 2. The van der Waals surface area contributed by atoms with Crippen LogP contribution < -0.4 is 9.47 Å². The van der Waals surface area contributed by atoms with Gasteiger partial charge in [0.1, 0.15) is 11.5 Å². The zero-order chi connectivity index (χ0) is 23.2. The third-order valence-corrected chi connectivity index (χ3v) is 6.79. The molecule has 3 aromatic carbocycles. The predicted molar refractivity (Wildman–Crippen MR) is 135 cm³/mol. The van der Waals surface area contributed by atoms with E-state index in [0.29, 0.717) is 23.2 Å². The Bertz CT molecular complexity index is 1200. The first kappa shape index (κ1) is 22.9. The van der Waals surface area contributed by atoms with Gasteiger partial charge in [0.05, 0.1) is 32.2 Å². The average Bonchev–Trinajstić information content (AvgIpc) is 3.14. The Morgan fingerprint density at radius 1 is 1.06 bits per heavy atom. The highest BCUT2D eigenvalue weighted by Gasteiger charge is 2.37. The fourth-order valence-corrected chi connectivity index (χ4v) is 5.06. The molecule has 1 aliphatic heterocycles. The second-order valence-corrected chi connectivity index (χ2v) is 8.86. The van der Waals surface area contributed by atoms with Crippen LogP contribution in [0.3, 0.4) is 0 Å². The Morgan fingerprint density at radius 2 is 1.88 bits per heavy atom. The third kappa shape index (κ3) is 5.03. The quantitative estimate of drug-likeness (QED) is 0.329. The summed E-state index contributed by atoms with van der Waals surface area (Å²) in [6.07, 6.45) is 3.38. The highest BCUT2D eigenvalue weighted by Crippen LogP contribution is 2.33. The van der Waals surface area contributed by atoms with Crippen molar-refractivity contribution in [3.05, 3.63) is 71.8 Å². The average molecular weight is 462 g/mol. The lowest BCUT2D eigenvalue weighted by atomic mass is 10.0. The van der Waals surface area contributed by atoms with Crippen LogP contribution in [0.1, 0.15) is 30.9 Å². The van der Waals surface area contributed by atoms with Gasteiger partial charge in [0.15, 0.2) is 5.17 Å². The molecule has 0 aliphatic carbocycles. The zero-order valence-corrected chi connectivity index (χ0v) is 19.8. The number of fused-ring (bicyclic) bond motifs is 1. The number of nitrogens with zero attached hydrogens (tertiary/aromatic N) is 3. The lowest BCUT2D eigenvalue weighted by molar-refractivity contribution is -0.126. The van der Waals surface area contributed by atoms with Gasteiger partial charge >= 0.3 is 0 Å². The number of rotatable bonds is 8. The minimum Gasteiger partial charge on any atom is -0.497 e. The number of hydrogen-bond donors (Lipinski definition) is 0. The number of ether oxygens (including phenoxy) is 2. The molecule has 0 unspecified atom stereocenters. The molecule has 170 valence electrons. The lowest BCUT2D eigenvalue weighted by Gasteiger charge is -2.17. The summed E-state index contributed by atoms with van der Waals surface area (Å²) in [7, 11) is 3.21. The van der Waals surface area contributed by atoms with Crippen molar-refractivity contribution in [1.82, 2.24) is 4.90 Å². The van der Waals surface area contributed by atoms with Crippen molar-refractivity contribution in [2.45, 2.75) is 31.6 Å². The molecule has 1 saturated heterocycles. The molecule has 0 radical (unpaired) electrons. The number of thioether (sulfide) groups is 1. The van der Waals surface area contributed by atoms with Gasteiger partial charge in [-0.15, -0.1) is 5.10 Å². The van der Waals surface area contributed by atoms with Crippen molar-refractivity contribution in [2.75, 3.05) is 14.2 Å². The maximum atomic E-state index is 13.2. The second-order valence-electron chi connectivity index (χ2n) is 7.69. The van der Waals surface area contributed by atoms with E-state index in [1.165, 1.54) is 11.8 Å². The Hall–Kier alpha value is -3.32. The molecule has 1 fully saturated rings. The van der Waals surface area contributed by atoms with Crippen LogP contribution in [0, 0.1) is 0 Å². The maximum absolute atomic E-state index is 13.2. The van der Waals surface area contributed by atoms with Crippen molar-refractivity contribution in [3.8, 4) is 11.5 Å². The standard InChI is InChI=1S/C26H27N3O3S/c1-4-8-24-25(30)29(17-20-11-7-10-18-9-5-6-12-22(18)20)26(33-24)28-27-16-19-13-14-21(31-2)15-23(19)32-3/h5-7,9-16,24H,4,8,17H2,1-3H3/b27-16-,28-26-/t24-/m1/s1. The number of carbonyl (C=O) groups is 1. The van der Waals surface area contributed by atoms with E-state index in [0.717, 1.165) is 34.7 Å². The van der Waals surface area contributed by atoms with Crippen LogP contribution in [0.4, 0.5) is 0 Å². The second kappa shape index (κ2) is 10.5. The molecule has 0 bridgehead atoms. The largest absolute Gasteiger partial charge is 0.497 e. The highest BCUT2D eigenvalue weighted by atomic mass is 32.2. The van der Waals surface area contributed by atoms with Crippen LogP contribution in [0.15, 0.2) is 70.9 Å². The summed E-state index contributed by atoms with van der Waals surface area (Å²) in [4.78, 5) is 14.9. The normalized spacial score (nSPS) is 17.4. The van der Waals surface area contributed by atoms with Gasteiger partial charge < -0.3 is 9.47 Å². The molecular formula is C26H27N3O3S. The van der Waals surface area contributed by atoms with Crippen molar-refractivity contribution in [2.24, 2.45) is 10.2 Å². The van der Waals surface area contributed by atoms with E-state index >= 15 is 0 Å². The van der Waals surface area contributed by atoms with E-state index in [2.05, 4.69) is 41.4 Å². The van der Waals surface area contributed by atoms with Crippen LogP contribution in [-0.4, -0.2) is 41.7 Å². The molecule has 3 aromatic rings. The summed E-state index contributed by atoms with van der Waals surface area (Å²) in [6.45, 7) is 2.56. The topological polar surface area (TPSA) is 63.5 Å². The Labute approximate surface area is 198 Å². The zero-order valence-electron chi connectivity index (χ0n) is 19.0.